The van der Waals surface area contributed by atoms with Gasteiger partial charge in [-0.05, 0) is 85.4 Å². The van der Waals surface area contributed by atoms with Crippen molar-refractivity contribution >= 4 is 76.1 Å². The molecule has 0 spiro atoms. The highest BCUT2D eigenvalue weighted by molar-refractivity contribution is 6.26. The Balaban J connectivity index is 1.30. The van der Waals surface area contributed by atoms with Crippen LogP contribution in [-0.4, -0.2) is 4.57 Å². The number of para-hydroxylation sites is 2. The van der Waals surface area contributed by atoms with Crippen molar-refractivity contribution in [3.05, 3.63) is 151 Å². The van der Waals surface area contributed by atoms with Gasteiger partial charge in [0.05, 0.1) is 11.0 Å². The minimum absolute atomic E-state index is 0.175. The van der Waals surface area contributed by atoms with Gasteiger partial charge in [-0.15, -0.1) is 0 Å². The molecule has 220 valence electrons. The molecule has 10 aromatic rings. The van der Waals surface area contributed by atoms with Crippen LogP contribution in [0.15, 0.2) is 144 Å². The fourth-order valence-electron chi connectivity index (χ4n) is 8.79. The zero-order valence-electron chi connectivity index (χ0n) is 26.1. The molecule has 2 aromatic heterocycles. The van der Waals surface area contributed by atoms with Crippen LogP contribution in [0.4, 0.5) is 0 Å². The molecule has 0 unspecified atom stereocenters. The minimum atomic E-state index is -0.175. The number of rotatable bonds is 1. The lowest BCUT2D eigenvalue weighted by Gasteiger charge is -2.21. The molecule has 2 nitrogen and oxygen atoms in total. The number of aromatic nitrogens is 1. The normalized spacial score (nSPS) is 13.9. The number of hydrogen-bond donors (Lipinski definition) is 0. The summed E-state index contributed by atoms with van der Waals surface area (Å²) in [7, 11) is 0. The number of furan rings is 1. The number of hydrogen-bond acceptors (Lipinski definition) is 1. The Bertz CT molecular complexity index is 2950. The molecule has 8 aromatic carbocycles. The number of fused-ring (bicyclic) bond motifs is 16. The lowest BCUT2D eigenvalue weighted by atomic mass is 9.82. The molecule has 0 radical (unpaired) electrons. The van der Waals surface area contributed by atoms with Crippen LogP contribution >= 0.6 is 0 Å². The Morgan fingerprint density at radius 3 is 1.79 bits per heavy atom. The largest absolute Gasteiger partial charge is 0.456 e. The molecule has 0 aliphatic heterocycles. The monoisotopic (exact) mass is 599 g/mol. The summed E-state index contributed by atoms with van der Waals surface area (Å²) in [6.45, 7) is 4.72. The van der Waals surface area contributed by atoms with Crippen LogP contribution in [0.2, 0.25) is 0 Å². The summed E-state index contributed by atoms with van der Waals surface area (Å²) in [6, 6.07) is 51.4. The van der Waals surface area contributed by atoms with Gasteiger partial charge in [0.15, 0.2) is 0 Å². The summed E-state index contributed by atoms with van der Waals surface area (Å²) < 4.78 is 8.92. The smallest absolute Gasteiger partial charge is 0.135 e. The van der Waals surface area contributed by atoms with E-state index >= 15 is 0 Å². The fraction of sp³-hybridized carbons (Fsp3) is 0.0667. The van der Waals surface area contributed by atoms with Crippen LogP contribution in [0.5, 0.6) is 0 Å². The standard InChI is InChI=1S/C45H29NO/c1-45(2)38-22-21-34-32-15-7-9-17-40(32)46(44(34)43(38)37-24-36-33-16-8-10-18-41(33)47-42(36)25-39(37)45)26-19-20-31-29-13-4-3-11-27(29)28-12-5-6-14-30(28)35(31)23-26/h3-25H,1-2H3. The Morgan fingerprint density at radius 1 is 0.447 bits per heavy atom. The van der Waals surface area contributed by atoms with E-state index < -0.39 is 0 Å². The van der Waals surface area contributed by atoms with Crippen molar-refractivity contribution in [3.63, 3.8) is 0 Å². The summed E-state index contributed by atoms with van der Waals surface area (Å²) >= 11 is 0. The molecular formula is C45H29NO. The quantitative estimate of drug-likeness (QED) is 0.172. The summed E-state index contributed by atoms with van der Waals surface area (Å²) in [5, 5.41) is 12.6. The van der Waals surface area contributed by atoms with Gasteiger partial charge in [-0.1, -0.05) is 117 Å². The summed E-state index contributed by atoms with van der Waals surface area (Å²) in [6.07, 6.45) is 0. The first-order valence-electron chi connectivity index (χ1n) is 16.4. The fourth-order valence-corrected chi connectivity index (χ4v) is 8.79. The first-order chi connectivity index (χ1) is 23.1. The Morgan fingerprint density at radius 2 is 1.04 bits per heavy atom. The highest BCUT2D eigenvalue weighted by Gasteiger charge is 2.38. The first-order valence-corrected chi connectivity index (χ1v) is 16.4. The maximum atomic E-state index is 6.40. The van der Waals surface area contributed by atoms with Gasteiger partial charge in [0.25, 0.3) is 0 Å². The van der Waals surface area contributed by atoms with E-state index in [4.69, 9.17) is 4.42 Å². The van der Waals surface area contributed by atoms with E-state index in [0.29, 0.717) is 0 Å². The number of nitrogens with zero attached hydrogens (tertiary/aromatic N) is 1. The van der Waals surface area contributed by atoms with Crippen LogP contribution in [0.25, 0.3) is 92.9 Å². The van der Waals surface area contributed by atoms with Crippen LogP contribution in [0, 0.1) is 0 Å². The predicted molar refractivity (Wildman–Crippen MR) is 198 cm³/mol. The molecule has 1 aliphatic rings. The van der Waals surface area contributed by atoms with Crippen molar-refractivity contribution in [2.45, 2.75) is 19.3 Å². The molecule has 11 rings (SSSR count). The van der Waals surface area contributed by atoms with Gasteiger partial charge in [-0.2, -0.15) is 0 Å². The van der Waals surface area contributed by atoms with E-state index in [1.165, 1.54) is 87.5 Å². The Kier molecular flexibility index (Phi) is 4.68. The third-order valence-corrected chi connectivity index (χ3v) is 11.0. The minimum Gasteiger partial charge on any atom is -0.456 e. The summed E-state index contributed by atoms with van der Waals surface area (Å²) in [5.74, 6) is 0. The van der Waals surface area contributed by atoms with E-state index in [1.54, 1.807) is 0 Å². The summed E-state index contributed by atoms with van der Waals surface area (Å²) in [5.41, 5.74) is 10.7. The summed E-state index contributed by atoms with van der Waals surface area (Å²) in [4.78, 5) is 0. The molecule has 0 N–H and O–H groups in total. The van der Waals surface area contributed by atoms with Crippen molar-refractivity contribution < 1.29 is 4.42 Å². The van der Waals surface area contributed by atoms with E-state index in [0.717, 1.165) is 16.6 Å². The average Bonchev–Trinajstić information content (AvgIpc) is 3.73. The van der Waals surface area contributed by atoms with Gasteiger partial charge < -0.3 is 8.98 Å². The van der Waals surface area contributed by atoms with Gasteiger partial charge in [-0.25, -0.2) is 0 Å². The molecule has 0 bridgehead atoms. The molecule has 47 heavy (non-hydrogen) atoms. The lowest BCUT2D eigenvalue weighted by molar-refractivity contribution is 0.647. The Labute approximate surface area is 271 Å². The van der Waals surface area contributed by atoms with Gasteiger partial charge >= 0.3 is 0 Å². The van der Waals surface area contributed by atoms with Crippen LogP contribution < -0.4 is 0 Å². The van der Waals surface area contributed by atoms with Gasteiger partial charge in [-0.3, -0.25) is 0 Å². The van der Waals surface area contributed by atoms with E-state index in [-0.39, 0.29) is 5.41 Å². The van der Waals surface area contributed by atoms with Crippen LogP contribution in [0.3, 0.4) is 0 Å². The highest BCUT2D eigenvalue weighted by atomic mass is 16.3. The predicted octanol–water partition coefficient (Wildman–Crippen LogP) is 12.4. The molecule has 0 saturated heterocycles. The maximum absolute atomic E-state index is 6.40. The highest BCUT2D eigenvalue weighted by Crippen LogP contribution is 2.54. The molecule has 0 saturated carbocycles. The van der Waals surface area contributed by atoms with Crippen molar-refractivity contribution in [2.75, 3.05) is 0 Å². The van der Waals surface area contributed by atoms with Crippen molar-refractivity contribution in [1.29, 1.82) is 0 Å². The third-order valence-electron chi connectivity index (χ3n) is 11.0. The Hall–Kier alpha value is -5.86. The zero-order chi connectivity index (χ0) is 31.0. The van der Waals surface area contributed by atoms with Crippen LogP contribution in [-0.2, 0) is 5.41 Å². The average molecular weight is 600 g/mol. The molecule has 0 amide bonds. The lowest BCUT2D eigenvalue weighted by Crippen LogP contribution is -2.14. The van der Waals surface area contributed by atoms with Crippen LogP contribution in [0.1, 0.15) is 25.0 Å². The molecule has 2 heteroatoms. The zero-order valence-corrected chi connectivity index (χ0v) is 26.1. The second-order valence-corrected chi connectivity index (χ2v) is 13.7. The second kappa shape index (κ2) is 8.69. The van der Waals surface area contributed by atoms with Gasteiger partial charge in [0.2, 0.25) is 0 Å². The van der Waals surface area contributed by atoms with E-state index in [9.17, 15) is 0 Å². The maximum Gasteiger partial charge on any atom is 0.135 e. The van der Waals surface area contributed by atoms with Crippen molar-refractivity contribution in [2.24, 2.45) is 0 Å². The SMILES string of the molecule is CC1(C)c2cc3oc4ccccc4c3cc2-c2c1ccc1c3ccccc3n(-c3ccc4c5ccccc5c5ccccc5c4c3)c21. The first kappa shape index (κ1) is 25.3. The second-order valence-electron chi connectivity index (χ2n) is 13.7. The van der Waals surface area contributed by atoms with E-state index in [2.05, 4.69) is 158 Å². The van der Waals surface area contributed by atoms with E-state index in [1.807, 2.05) is 0 Å². The molecule has 1 aliphatic carbocycles. The molecule has 2 heterocycles. The molecular weight excluding hydrogens is 571 g/mol. The number of benzene rings is 8. The molecule has 0 atom stereocenters. The topological polar surface area (TPSA) is 18.1 Å². The van der Waals surface area contributed by atoms with Gasteiger partial charge in [0.1, 0.15) is 11.2 Å². The van der Waals surface area contributed by atoms with Gasteiger partial charge in [0, 0.05) is 38.2 Å². The third kappa shape index (κ3) is 3.15. The molecule has 0 fully saturated rings. The van der Waals surface area contributed by atoms with Crippen molar-refractivity contribution in [3.8, 4) is 16.8 Å². The van der Waals surface area contributed by atoms with Crippen molar-refractivity contribution in [1.82, 2.24) is 4.57 Å².